The van der Waals surface area contributed by atoms with E-state index in [4.69, 9.17) is 15.9 Å². The smallest absolute Gasteiger partial charge is 0.320 e. The van der Waals surface area contributed by atoms with Gasteiger partial charge in [0, 0.05) is 0 Å². The Morgan fingerprint density at radius 1 is 1.50 bits per heavy atom. The highest BCUT2D eigenvalue weighted by Crippen LogP contribution is 2.41. The van der Waals surface area contributed by atoms with Crippen molar-refractivity contribution in [1.29, 1.82) is 0 Å². The third-order valence-electron chi connectivity index (χ3n) is 2.11. The number of carboxylic acids is 2. The van der Waals surface area contributed by atoms with Crippen molar-refractivity contribution in [3.8, 4) is 0 Å². The molecule has 0 spiro atoms. The lowest BCUT2D eigenvalue weighted by Crippen LogP contribution is -2.30. The highest BCUT2D eigenvalue weighted by atomic mass is 16.4. The molecule has 5 nitrogen and oxygen atoms in total. The van der Waals surface area contributed by atoms with Gasteiger partial charge in [-0.1, -0.05) is 0 Å². The van der Waals surface area contributed by atoms with Gasteiger partial charge in [0.2, 0.25) is 0 Å². The highest BCUT2D eigenvalue weighted by molar-refractivity contribution is 5.75. The molecule has 0 aromatic rings. The molecule has 0 amide bonds. The Morgan fingerprint density at radius 2 is 2.08 bits per heavy atom. The van der Waals surface area contributed by atoms with E-state index in [0.29, 0.717) is 6.42 Å². The number of rotatable bonds is 4. The minimum absolute atomic E-state index is 0.0337. The van der Waals surface area contributed by atoms with Gasteiger partial charge < -0.3 is 15.9 Å². The molecule has 1 rings (SSSR count). The van der Waals surface area contributed by atoms with Crippen molar-refractivity contribution in [3.05, 3.63) is 0 Å². The van der Waals surface area contributed by atoms with Gasteiger partial charge >= 0.3 is 11.9 Å². The van der Waals surface area contributed by atoms with Crippen LogP contribution in [0.25, 0.3) is 0 Å². The van der Waals surface area contributed by atoms with Gasteiger partial charge in [0.1, 0.15) is 6.04 Å². The van der Waals surface area contributed by atoms with E-state index >= 15 is 0 Å². The van der Waals surface area contributed by atoms with Gasteiger partial charge in [0.15, 0.2) is 0 Å². The van der Waals surface area contributed by atoms with Crippen LogP contribution in [0.15, 0.2) is 0 Å². The summed E-state index contributed by atoms with van der Waals surface area (Å²) in [5.74, 6) is -2.31. The van der Waals surface area contributed by atoms with Crippen LogP contribution in [-0.2, 0) is 9.59 Å². The minimum Gasteiger partial charge on any atom is -0.481 e. The van der Waals surface area contributed by atoms with Crippen molar-refractivity contribution in [2.75, 3.05) is 0 Å². The standard InChI is InChI=1S/C7H11NO4/c8-5(7(11)12)2-3-1-4(3)6(9)10/h3-5H,1-2,8H2,(H,9,10)(H,11,12)/t3-,4+,5-/m1/s1. The molecule has 1 aliphatic carbocycles. The maximum Gasteiger partial charge on any atom is 0.320 e. The Balaban J connectivity index is 2.27. The van der Waals surface area contributed by atoms with Crippen LogP contribution in [-0.4, -0.2) is 28.2 Å². The number of hydrogen-bond donors (Lipinski definition) is 3. The van der Waals surface area contributed by atoms with Gasteiger partial charge in [-0.05, 0) is 18.8 Å². The van der Waals surface area contributed by atoms with E-state index < -0.39 is 18.0 Å². The number of carboxylic acid groups (broad SMARTS) is 2. The van der Waals surface area contributed by atoms with Gasteiger partial charge in [-0.3, -0.25) is 9.59 Å². The van der Waals surface area contributed by atoms with E-state index in [9.17, 15) is 9.59 Å². The van der Waals surface area contributed by atoms with Crippen molar-refractivity contribution in [3.63, 3.8) is 0 Å². The molecular weight excluding hydrogens is 162 g/mol. The van der Waals surface area contributed by atoms with Crippen molar-refractivity contribution >= 4 is 11.9 Å². The molecule has 0 heterocycles. The van der Waals surface area contributed by atoms with Gasteiger partial charge in [0.25, 0.3) is 0 Å². The summed E-state index contributed by atoms with van der Waals surface area (Å²) >= 11 is 0. The van der Waals surface area contributed by atoms with Crippen LogP contribution in [0, 0.1) is 11.8 Å². The summed E-state index contributed by atoms with van der Waals surface area (Å²) in [4.78, 5) is 20.6. The molecule has 12 heavy (non-hydrogen) atoms. The Morgan fingerprint density at radius 3 is 2.42 bits per heavy atom. The summed E-state index contributed by atoms with van der Waals surface area (Å²) in [5.41, 5.74) is 5.23. The number of nitrogens with two attached hydrogens (primary N) is 1. The van der Waals surface area contributed by atoms with Crippen molar-refractivity contribution in [2.45, 2.75) is 18.9 Å². The summed E-state index contributed by atoms with van der Waals surface area (Å²) < 4.78 is 0. The molecule has 0 aromatic heterocycles. The van der Waals surface area contributed by atoms with Crippen LogP contribution >= 0.6 is 0 Å². The van der Waals surface area contributed by atoms with Crippen molar-refractivity contribution in [2.24, 2.45) is 17.6 Å². The second-order valence-electron chi connectivity index (χ2n) is 3.12. The molecule has 0 unspecified atom stereocenters. The van der Waals surface area contributed by atoms with Crippen LogP contribution in [0.4, 0.5) is 0 Å². The van der Waals surface area contributed by atoms with Crippen molar-refractivity contribution < 1.29 is 19.8 Å². The van der Waals surface area contributed by atoms with Crippen molar-refractivity contribution in [1.82, 2.24) is 0 Å². The fourth-order valence-electron chi connectivity index (χ4n) is 1.24. The van der Waals surface area contributed by atoms with Crippen LogP contribution < -0.4 is 5.73 Å². The summed E-state index contributed by atoms with van der Waals surface area (Å²) in [6, 6.07) is -0.917. The first kappa shape index (κ1) is 8.99. The van der Waals surface area contributed by atoms with Crippen LogP contribution in [0.2, 0.25) is 0 Å². The zero-order chi connectivity index (χ0) is 9.30. The molecule has 0 saturated heterocycles. The first-order chi connectivity index (χ1) is 5.52. The predicted molar refractivity (Wildman–Crippen MR) is 39.5 cm³/mol. The lowest BCUT2D eigenvalue weighted by atomic mass is 10.1. The number of aliphatic carboxylic acids is 2. The summed E-state index contributed by atoms with van der Waals surface area (Å²) in [6.45, 7) is 0. The van der Waals surface area contributed by atoms with E-state index in [-0.39, 0.29) is 18.3 Å². The normalized spacial score (nSPS) is 29.4. The fraction of sp³-hybridized carbons (Fsp3) is 0.714. The second-order valence-corrected chi connectivity index (χ2v) is 3.12. The SMILES string of the molecule is N[C@H](C[C@H]1C[C@@H]1C(=O)O)C(=O)O. The average Bonchev–Trinajstić information content (AvgIpc) is 2.67. The first-order valence-electron chi connectivity index (χ1n) is 3.73. The number of carbonyl (C=O) groups is 2. The average molecular weight is 173 g/mol. The largest absolute Gasteiger partial charge is 0.481 e. The molecule has 1 saturated carbocycles. The van der Waals surface area contributed by atoms with Crippen LogP contribution in [0.1, 0.15) is 12.8 Å². The summed E-state index contributed by atoms with van der Waals surface area (Å²) in [7, 11) is 0. The molecule has 0 aliphatic heterocycles. The Bertz CT molecular complexity index is 215. The zero-order valence-corrected chi connectivity index (χ0v) is 6.43. The topological polar surface area (TPSA) is 101 Å². The maximum absolute atomic E-state index is 10.3. The van der Waals surface area contributed by atoms with Gasteiger partial charge in [-0.15, -0.1) is 0 Å². The zero-order valence-electron chi connectivity index (χ0n) is 6.43. The molecule has 3 atom stereocenters. The molecule has 4 N–H and O–H groups in total. The molecule has 0 aromatic carbocycles. The van der Waals surface area contributed by atoms with Crippen LogP contribution in [0.3, 0.4) is 0 Å². The fourth-order valence-corrected chi connectivity index (χ4v) is 1.24. The minimum atomic E-state index is -1.06. The second kappa shape index (κ2) is 3.10. The van der Waals surface area contributed by atoms with E-state index in [2.05, 4.69) is 0 Å². The maximum atomic E-state index is 10.3. The number of hydrogen-bond acceptors (Lipinski definition) is 3. The quantitative estimate of drug-likeness (QED) is 0.532. The molecule has 0 radical (unpaired) electrons. The monoisotopic (exact) mass is 173 g/mol. The molecule has 0 bridgehead atoms. The van der Waals surface area contributed by atoms with Crippen LogP contribution in [0.5, 0.6) is 0 Å². The lowest BCUT2D eigenvalue weighted by Gasteiger charge is -2.03. The van der Waals surface area contributed by atoms with E-state index in [0.717, 1.165) is 0 Å². The molecule has 5 heteroatoms. The Kier molecular flexibility index (Phi) is 2.32. The molecule has 68 valence electrons. The third-order valence-corrected chi connectivity index (χ3v) is 2.11. The lowest BCUT2D eigenvalue weighted by molar-refractivity contribution is -0.140. The molecule has 1 fully saturated rings. The Hall–Kier alpha value is -1.10. The van der Waals surface area contributed by atoms with Gasteiger partial charge in [0.05, 0.1) is 5.92 Å². The van der Waals surface area contributed by atoms with E-state index in [1.165, 1.54) is 0 Å². The van der Waals surface area contributed by atoms with E-state index in [1.54, 1.807) is 0 Å². The van der Waals surface area contributed by atoms with E-state index in [1.807, 2.05) is 0 Å². The third kappa shape index (κ3) is 1.94. The first-order valence-corrected chi connectivity index (χ1v) is 3.73. The molecular formula is C7H11NO4. The summed E-state index contributed by atoms with van der Waals surface area (Å²) in [6.07, 6.45) is 0.836. The predicted octanol–water partition coefficient (Wildman–Crippen LogP) is -0.491. The highest BCUT2D eigenvalue weighted by Gasteiger charge is 2.44. The Labute approximate surface area is 69.2 Å². The summed E-state index contributed by atoms with van der Waals surface area (Å²) in [5, 5.41) is 16.9. The van der Waals surface area contributed by atoms with Gasteiger partial charge in [-0.25, -0.2) is 0 Å². The molecule has 1 aliphatic rings. The van der Waals surface area contributed by atoms with Gasteiger partial charge in [-0.2, -0.15) is 0 Å².